The summed E-state index contributed by atoms with van der Waals surface area (Å²) < 4.78 is 5.81. The van der Waals surface area contributed by atoms with Gasteiger partial charge in [-0.2, -0.15) is 5.26 Å². The van der Waals surface area contributed by atoms with Crippen LogP contribution in [0.15, 0.2) is 78.9 Å². The van der Waals surface area contributed by atoms with Crippen molar-refractivity contribution in [2.75, 3.05) is 5.32 Å². The number of hydrogen-bond donors (Lipinski definition) is 1. The Bertz CT molecular complexity index is 897. The van der Waals surface area contributed by atoms with Crippen LogP contribution in [0.1, 0.15) is 21.5 Å². The van der Waals surface area contributed by atoms with Crippen molar-refractivity contribution in [1.82, 2.24) is 0 Å². The van der Waals surface area contributed by atoms with E-state index in [9.17, 15) is 4.79 Å². The van der Waals surface area contributed by atoms with Gasteiger partial charge in [-0.1, -0.05) is 42.5 Å². The van der Waals surface area contributed by atoms with Crippen LogP contribution in [0.4, 0.5) is 5.69 Å². The molecule has 0 saturated heterocycles. The van der Waals surface area contributed by atoms with Gasteiger partial charge in [0, 0.05) is 5.69 Å². The first-order valence-corrected chi connectivity index (χ1v) is 7.83. The number of para-hydroxylation sites is 2. The monoisotopic (exact) mass is 328 g/mol. The maximum absolute atomic E-state index is 12.5. The summed E-state index contributed by atoms with van der Waals surface area (Å²) in [6, 6.07) is 25.7. The molecule has 0 radical (unpaired) electrons. The molecule has 25 heavy (non-hydrogen) atoms. The molecule has 0 aliphatic carbocycles. The number of carbonyl (C=O) groups excluding carboxylic acids is 1. The number of nitrogens with zero attached hydrogens (tertiary/aromatic N) is 1. The number of benzene rings is 3. The quantitative estimate of drug-likeness (QED) is 0.755. The normalized spacial score (nSPS) is 9.88. The molecule has 0 aromatic heterocycles. The number of rotatable bonds is 5. The Morgan fingerprint density at radius 2 is 1.60 bits per heavy atom. The summed E-state index contributed by atoms with van der Waals surface area (Å²) in [5.41, 5.74) is 2.73. The van der Waals surface area contributed by atoms with Crippen molar-refractivity contribution in [1.29, 1.82) is 5.26 Å². The van der Waals surface area contributed by atoms with E-state index < -0.39 is 0 Å². The molecule has 3 aromatic rings. The first-order valence-electron chi connectivity index (χ1n) is 7.83. The first kappa shape index (κ1) is 16.3. The summed E-state index contributed by atoms with van der Waals surface area (Å²) in [5, 5.41) is 11.7. The molecular formula is C21H16N2O2. The van der Waals surface area contributed by atoms with Crippen LogP contribution in [-0.2, 0) is 6.61 Å². The first-order chi connectivity index (χ1) is 12.3. The Morgan fingerprint density at radius 1 is 0.920 bits per heavy atom. The Labute approximate surface area is 146 Å². The van der Waals surface area contributed by atoms with Gasteiger partial charge in [0.2, 0.25) is 0 Å². The van der Waals surface area contributed by atoms with Gasteiger partial charge in [-0.25, -0.2) is 0 Å². The molecule has 3 rings (SSSR count). The second-order valence-electron chi connectivity index (χ2n) is 5.41. The molecule has 0 aliphatic heterocycles. The van der Waals surface area contributed by atoms with Gasteiger partial charge in [0.15, 0.2) is 0 Å². The highest BCUT2D eigenvalue weighted by Gasteiger charge is 2.12. The van der Waals surface area contributed by atoms with Crippen LogP contribution in [0.2, 0.25) is 0 Å². The van der Waals surface area contributed by atoms with Crippen molar-refractivity contribution in [3.05, 3.63) is 95.6 Å². The lowest BCUT2D eigenvalue weighted by Crippen LogP contribution is -2.13. The van der Waals surface area contributed by atoms with E-state index in [0.717, 1.165) is 11.3 Å². The summed E-state index contributed by atoms with van der Waals surface area (Å²) in [6.45, 7) is 0.321. The Hall–Kier alpha value is -3.58. The number of carbonyl (C=O) groups is 1. The molecule has 0 atom stereocenters. The van der Waals surface area contributed by atoms with Gasteiger partial charge in [0.25, 0.3) is 5.91 Å². The van der Waals surface area contributed by atoms with Gasteiger partial charge < -0.3 is 10.1 Å². The van der Waals surface area contributed by atoms with E-state index in [-0.39, 0.29) is 5.91 Å². The third kappa shape index (κ3) is 4.24. The maximum Gasteiger partial charge on any atom is 0.259 e. The number of anilines is 1. The summed E-state index contributed by atoms with van der Waals surface area (Å²) in [6.07, 6.45) is 0. The predicted octanol–water partition coefficient (Wildman–Crippen LogP) is 4.39. The van der Waals surface area contributed by atoms with Gasteiger partial charge in [-0.15, -0.1) is 0 Å². The zero-order chi connectivity index (χ0) is 17.5. The van der Waals surface area contributed by atoms with Gasteiger partial charge in [-0.05, 0) is 42.0 Å². The average molecular weight is 328 g/mol. The largest absolute Gasteiger partial charge is 0.488 e. The summed E-state index contributed by atoms with van der Waals surface area (Å²) in [5.74, 6) is 0.293. The van der Waals surface area contributed by atoms with Crippen LogP contribution in [0.3, 0.4) is 0 Å². The molecule has 0 spiro atoms. The van der Waals surface area contributed by atoms with Crippen LogP contribution in [0.25, 0.3) is 0 Å². The molecule has 1 amide bonds. The SMILES string of the molecule is N#Cc1ccc(COc2ccccc2C(=O)Nc2ccccc2)cc1. The maximum atomic E-state index is 12.5. The van der Waals surface area contributed by atoms with Crippen molar-refractivity contribution >= 4 is 11.6 Å². The van der Waals surface area contributed by atoms with Crippen LogP contribution in [0, 0.1) is 11.3 Å². The van der Waals surface area contributed by atoms with E-state index in [1.165, 1.54) is 0 Å². The number of amides is 1. The predicted molar refractivity (Wildman–Crippen MR) is 96.3 cm³/mol. The minimum absolute atomic E-state index is 0.221. The highest BCUT2D eigenvalue weighted by molar-refractivity contribution is 6.06. The number of nitrogens with one attached hydrogen (secondary N) is 1. The molecule has 0 saturated carbocycles. The van der Waals surface area contributed by atoms with E-state index in [1.807, 2.05) is 48.5 Å². The topological polar surface area (TPSA) is 62.1 Å². The molecule has 0 bridgehead atoms. The van der Waals surface area contributed by atoms with Gasteiger partial charge >= 0.3 is 0 Å². The zero-order valence-corrected chi connectivity index (χ0v) is 13.5. The number of nitriles is 1. The molecule has 4 nitrogen and oxygen atoms in total. The third-order valence-corrected chi connectivity index (χ3v) is 3.64. The summed E-state index contributed by atoms with van der Waals surface area (Å²) >= 11 is 0. The highest BCUT2D eigenvalue weighted by atomic mass is 16.5. The molecule has 0 aliphatic rings. The van der Waals surface area contributed by atoms with E-state index >= 15 is 0 Å². The standard InChI is InChI=1S/C21H16N2O2/c22-14-16-10-12-17(13-11-16)15-25-20-9-5-4-8-19(20)21(24)23-18-6-2-1-3-7-18/h1-13H,15H2,(H,23,24). The van der Waals surface area contributed by atoms with Crippen molar-refractivity contribution in [3.8, 4) is 11.8 Å². The van der Waals surface area contributed by atoms with Crippen LogP contribution in [-0.4, -0.2) is 5.91 Å². The van der Waals surface area contributed by atoms with Gasteiger partial charge in [-0.3, -0.25) is 4.79 Å². The van der Waals surface area contributed by atoms with Crippen molar-refractivity contribution in [3.63, 3.8) is 0 Å². The molecule has 3 aromatic carbocycles. The third-order valence-electron chi connectivity index (χ3n) is 3.64. The molecule has 1 N–H and O–H groups in total. The smallest absolute Gasteiger partial charge is 0.259 e. The zero-order valence-electron chi connectivity index (χ0n) is 13.5. The highest BCUT2D eigenvalue weighted by Crippen LogP contribution is 2.21. The number of hydrogen-bond acceptors (Lipinski definition) is 3. The van der Waals surface area contributed by atoms with E-state index in [2.05, 4.69) is 11.4 Å². The van der Waals surface area contributed by atoms with Crippen molar-refractivity contribution in [2.45, 2.75) is 6.61 Å². The minimum Gasteiger partial charge on any atom is -0.488 e. The summed E-state index contributed by atoms with van der Waals surface area (Å²) in [4.78, 5) is 12.5. The van der Waals surface area contributed by atoms with E-state index in [1.54, 1.807) is 30.3 Å². The second-order valence-corrected chi connectivity index (χ2v) is 5.41. The fraction of sp³-hybridized carbons (Fsp3) is 0.0476. The fourth-order valence-electron chi connectivity index (χ4n) is 2.34. The van der Waals surface area contributed by atoms with Crippen LogP contribution >= 0.6 is 0 Å². The van der Waals surface area contributed by atoms with Crippen LogP contribution < -0.4 is 10.1 Å². The van der Waals surface area contributed by atoms with Crippen molar-refractivity contribution < 1.29 is 9.53 Å². The summed E-state index contributed by atoms with van der Waals surface area (Å²) in [7, 11) is 0. The van der Waals surface area contributed by atoms with Crippen LogP contribution in [0.5, 0.6) is 5.75 Å². The van der Waals surface area contributed by atoms with Crippen molar-refractivity contribution in [2.24, 2.45) is 0 Å². The molecule has 4 heteroatoms. The molecular weight excluding hydrogens is 312 g/mol. The molecule has 0 fully saturated rings. The van der Waals surface area contributed by atoms with E-state index in [0.29, 0.717) is 23.5 Å². The minimum atomic E-state index is -0.221. The second kappa shape index (κ2) is 7.80. The Kier molecular flexibility index (Phi) is 5.08. The number of ether oxygens (including phenoxy) is 1. The average Bonchev–Trinajstić information content (AvgIpc) is 2.68. The van der Waals surface area contributed by atoms with Gasteiger partial charge in [0.05, 0.1) is 17.2 Å². The molecule has 0 unspecified atom stereocenters. The Morgan fingerprint density at radius 3 is 2.32 bits per heavy atom. The lowest BCUT2D eigenvalue weighted by molar-refractivity contribution is 0.102. The Balaban J connectivity index is 1.72. The van der Waals surface area contributed by atoms with E-state index in [4.69, 9.17) is 10.00 Å². The molecule has 0 heterocycles. The van der Waals surface area contributed by atoms with Gasteiger partial charge in [0.1, 0.15) is 12.4 Å². The fourth-order valence-corrected chi connectivity index (χ4v) is 2.34. The lowest BCUT2D eigenvalue weighted by Gasteiger charge is -2.12. The molecule has 122 valence electrons. The lowest BCUT2D eigenvalue weighted by atomic mass is 10.1.